The van der Waals surface area contributed by atoms with Crippen LogP contribution in [0.1, 0.15) is 12.0 Å². The third-order valence-electron chi connectivity index (χ3n) is 4.79. The van der Waals surface area contributed by atoms with Crippen LogP contribution in [0, 0.1) is 0 Å². The minimum Gasteiger partial charge on any atom is -0.315 e. The third-order valence-corrected chi connectivity index (χ3v) is 4.79. The van der Waals surface area contributed by atoms with E-state index in [2.05, 4.69) is 23.3 Å². The van der Waals surface area contributed by atoms with Gasteiger partial charge in [-0.05, 0) is 35.6 Å². The van der Waals surface area contributed by atoms with Gasteiger partial charge in [-0.2, -0.15) is 5.10 Å². The number of hydrogen-bond acceptors (Lipinski definition) is 2. The Hall–Kier alpha value is -3.40. The van der Waals surface area contributed by atoms with Crippen LogP contribution in [0.25, 0.3) is 16.5 Å². The summed E-state index contributed by atoms with van der Waals surface area (Å²) in [5.74, 6) is 0.0961. The zero-order chi connectivity index (χ0) is 18.6. The lowest BCUT2D eigenvalue weighted by Crippen LogP contribution is -2.26. The molecule has 4 aromatic rings. The smallest absolute Gasteiger partial charge is 0.227 e. The van der Waals surface area contributed by atoms with Crippen LogP contribution in [0.5, 0.6) is 0 Å². The number of aromatic nitrogens is 2. The highest BCUT2D eigenvalue weighted by atomic mass is 16.2. The summed E-state index contributed by atoms with van der Waals surface area (Å²) in [4.78, 5) is 14.5. The first-order valence-electron chi connectivity index (χ1n) is 9.06. The van der Waals surface area contributed by atoms with Gasteiger partial charge in [0.2, 0.25) is 5.91 Å². The van der Waals surface area contributed by atoms with E-state index >= 15 is 0 Å². The number of carbonyl (C=O) groups is 1. The Balaban J connectivity index is 1.46. The maximum atomic E-state index is 12.7. The molecule has 4 nitrogen and oxygen atoms in total. The molecule has 1 amide bonds. The predicted octanol–water partition coefficient (Wildman–Crippen LogP) is 4.62. The van der Waals surface area contributed by atoms with E-state index in [1.54, 1.807) is 4.90 Å². The highest BCUT2D eigenvalue weighted by Gasteiger charge is 2.14. The summed E-state index contributed by atoms with van der Waals surface area (Å²) >= 11 is 0. The summed E-state index contributed by atoms with van der Waals surface area (Å²) in [7, 11) is 1.84. The van der Waals surface area contributed by atoms with Crippen molar-refractivity contribution in [3.63, 3.8) is 0 Å². The number of fused-ring (bicyclic) bond motifs is 1. The van der Waals surface area contributed by atoms with Gasteiger partial charge in [0.15, 0.2) is 0 Å². The largest absolute Gasteiger partial charge is 0.315 e. The zero-order valence-electron chi connectivity index (χ0n) is 15.2. The van der Waals surface area contributed by atoms with Crippen molar-refractivity contribution in [3.05, 3.63) is 90.8 Å². The normalized spacial score (nSPS) is 10.9. The molecule has 0 fully saturated rings. The standard InChI is InChI=1S/C23H21N3O/c1-25(22-13-7-9-19-8-5-6-12-21(19)22)23(27)15-14-18-16-24-26(17-18)20-10-3-2-4-11-20/h2-13,16-17H,14-15H2,1H3. The lowest BCUT2D eigenvalue weighted by Gasteiger charge is -2.19. The quantitative estimate of drug-likeness (QED) is 0.524. The van der Waals surface area contributed by atoms with E-state index in [0.29, 0.717) is 12.8 Å². The summed E-state index contributed by atoms with van der Waals surface area (Å²) in [6, 6.07) is 24.2. The van der Waals surface area contributed by atoms with Gasteiger partial charge in [0, 0.05) is 25.1 Å². The van der Waals surface area contributed by atoms with Crippen LogP contribution >= 0.6 is 0 Å². The Morgan fingerprint density at radius 3 is 2.56 bits per heavy atom. The molecular weight excluding hydrogens is 334 g/mol. The van der Waals surface area contributed by atoms with Gasteiger partial charge >= 0.3 is 0 Å². The number of anilines is 1. The van der Waals surface area contributed by atoms with Crippen molar-refractivity contribution in [2.24, 2.45) is 0 Å². The first-order chi connectivity index (χ1) is 13.2. The fraction of sp³-hybridized carbons (Fsp3) is 0.130. The highest BCUT2D eigenvalue weighted by molar-refractivity contribution is 6.03. The van der Waals surface area contributed by atoms with Crippen LogP contribution < -0.4 is 4.90 Å². The Morgan fingerprint density at radius 1 is 0.963 bits per heavy atom. The molecular formula is C23H21N3O. The van der Waals surface area contributed by atoms with E-state index in [0.717, 1.165) is 27.7 Å². The van der Waals surface area contributed by atoms with Crippen molar-refractivity contribution >= 4 is 22.4 Å². The highest BCUT2D eigenvalue weighted by Crippen LogP contribution is 2.26. The maximum absolute atomic E-state index is 12.7. The Morgan fingerprint density at radius 2 is 1.70 bits per heavy atom. The number of para-hydroxylation sites is 1. The van der Waals surface area contributed by atoms with Crippen molar-refractivity contribution in [3.8, 4) is 5.69 Å². The number of nitrogens with zero attached hydrogens (tertiary/aromatic N) is 3. The number of amides is 1. The Labute approximate surface area is 158 Å². The number of aryl methyl sites for hydroxylation is 1. The van der Waals surface area contributed by atoms with Crippen molar-refractivity contribution in [1.82, 2.24) is 9.78 Å². The second-order valence-corrected chi connectivity index (χ2v) is 6.58. The fourth-order valence-corrected chi connectivity index (χ4v) is 3.27. The summed E-state index contributed by atoms with van der Waals surface area (Å²) in [6.07, 6.45) is 4.93. The molecule has 0 unspecified atom stereocenters. The minimum absolute atomic E-state index is 0.0961. The molecule has 0 aliphatic rings. The first-order valence-corrected chi connectivity index (χ1v) is 9.06. The molecule has 3 aromatic carbocycles. The van der Waals surface area contributed by atoms with Crippen molar-refractivity contribution < 1.29 is 4.79 Å². The summed E-state index contributed by atoms with van der Waals surface area (Å²) < 4.78 is 1.84. The van der Waals surface area contributed by atoms with E-state index in [4.69, 9.17) is 0 Å². The Bertz CT molecular complexity index is 1060. The predicted molar refractivity (Wildman–Crippen MR) is 109 cm³/mol. The van der Waals surface area contributed by atoms with Crippen LogP contribution in [-0.4, -0.2) is 22.7 Å². The van der Waals surface area contributed by atoms with Crippen LogP contribution in [-0.2, 0) is 11.2 Å². The van der Waals surface area contributed by atoms with Gasteiger partial charge in [0.05, 0.1) is 17.6 Å². The molecule has 0 aliphatic carbocycles. The number of hydrogen-bond donors (Lipinski definition) is 0. The van der Waals surface area contributed by atoms with Gasteiger partial charge in [-0.1, -0.05) is 54.6 Å². The molecule has 0 bridgehead atoms. The van der Waals surface area contributed by atoms with Crippen LogP contribution in [0.3, 0.4) is 0 Å². The van der Waals surface area contributed by atoms with Gasteiger partial charge in [-0.25, -0.2) is 4.68 Å². The van der Waals surface area contributed by atoms with Gasteiger partial charge < -0.3 is 4.90 Å². The van der Waals surface area contributed by atoms with Crippen molar-refractivity contribution in [1.29, 1.82) is 0 Å². The summed E-state index contributed by atoms with van der Waals surface area (Å²) in [5, 5.41) is 6.63. The zero-order valence-corrected chi connectivity index (χ0v) is 15.2. The van der Waals surface area contributed by atoms with Gasteiger partial charge in [0.1, 0.15) is 0 Å². The molecule has 0 aliphatic heterocycles. The average Bonchev–Trinajstić information content (AvgIpc) is 3.21. The lowest BCUT2D eigenvalue weighted by atomic mass is 10.1. The number of benzene rings is 3. The average molecular weight is 355 g/mol. The molecule has 0 saturated carbocycles. The number of carbonyl (C=O) groups excluding carboxylic acids is 1. The molecule has 0 saturated heterocycles. The van der Waals surface area contributed by atoms with Gasteiger partial charge in [-0.15, -0.1) is 0 Å². The van der Waals surface area contributed by atoms with Gasteiger partial charge in [-0.3, -0.25) is 4.79 Å². The van der Waals surface area contributed by atoms with Crippen molar-refractivity contribution in [2.45, 2.75) is 12.8 Å². The van der Waals surface area contributed by atoms with E-state index < -0.39 is 0 Å². The fourth-order valence-electron chi connectivity index (χ4n) is 3.27. The molecule has 134 valence electrons. The third kappa shape index (κ3) is 3.60. The van der Waals surface area contributed by atoms with E-state index in [1.165, 1.54) is 0 Å². The molecule has 4 rings (SSSR count). The molecule has 4 heteroatoms. The van der Waals surface area contributed by atoms with E-state index in [1.807, 2.05) is 78.7 Å². The second kappa shape index (κ2) is 7.46. The monoisotopic (exact) mass is 355 g/mol. The van der Waals surface area contributed by atoms with Crippen LogP contribution in [0.4, 0.5) is 5.69 Å². The van der Waals surface area contributed by atoms with Crippen molar-refractivity contribution in [2.75, 3.05) is 11.9 Å². The molecule has 1 aromatic heterocycles. The first kappa shape index (κ1) is 17.0. The lowest BCUT2D eigenvalue weighted by molar-refractivity contribution is -0.118. The minimum atomic E-state index is 0.0961. The molecule has 27 heavy (non-hydrogen) atoms. The van der Waals surface area contributed by atoms with Crippen LogP contribution in [0.15, 0.2) is 85.2 Å². The second-order valence-electron chi connectivity index (χ2n) is 6.58. The number of rotatable bonds is 5. The summed E-state index contributed by atoms with van der Waals surface area (Å²) in [5.41, 5.74) is 3.01. The molecule has 0 spiro atoms. The SMILES string of the molecule is CN(C(=O)CCc1cnn(-c2ccccc2)c1)c1cccc2ccccc12. The molecule has 0 radical (unpaired) electrons. The summed E-state index contributed by atoms with van der Waals surface area (Å²) in [6.45, 7) is 0. The Kier molecular flexibility index (Phi) is 4.71. The molecule has 0 atom stereocenters. The molecule has 0 N–H and O–H groups in total. The van der Waals surface area contributed by atoms with E-state index in [-0.39, 0.29) is 5.91 Å². The molecule has 1 heterocycles. The van der Waals surface area contributed by atoms with E-state index in [9.17, 15) is 4.79 Å². The van der Waals surface area contributed by atoms with Gasteiger partial charge in [0.25, 0.3) is 0 Å². The topological polar surface area (TPSA) is 38.1 Å². The maximum Gasteiger partial charge on any atom is 0.227 e. The van der Waals surface area contributed by atoms with Crippen LogP contribution in [0.2, 0.25) is 0 Å².